The molecule has 0 radical (unpaired) electrons. The van der Waals surface area contributed by atoms with Crippen molar-refractivity contribution in [3.8, 4) is 11.1 Å². The van der Waals surface area contributed by atoms with Gasteiger partial charge in [0.05, 0.1) is 5.39 Å². The lowest BCUT2D eigenvalue weighted by Crippen LogP contribution is -2.40. The summed E-state index contributed by atoms with van der Waals surface area (Å²) in [5.41, 5.74) is 1.26. The van der Waals surface area contributed by atoms with Crippen LogP contribution in [-0.2, 0) is 9.53 Å². The van der Waals surface area contributed by atoms with Crippen molar-refractivity contribution in [3.63, 3.8) is 0 Å². The van der Waals surface area contributed by atoms with Crippen LogP contribution in [0.4, 0.5) is 15.0 Å². The number of halogens is 1. The Morgan fingerprint density at radius 2 is 1.80 bits per heavy atom. The van der Waals surface area contributed by atoms with Gasteiger partial charge in [0, 0.05) is 50.1 Å². The van der Waals surface area contributed by atoms with E-state index in [1.165, 1.54) is 29.8 Å². The van der Waals surface area contributed by atoms with Gasteiger partial charge in [-0.15, -0.1) is 11.3 Å². The van der Waals surface area contributed by atoms with E-state index in [-0.39, 0.29) is 17.8 Å². The maximum Gasteiger partial charge on any atom is 0.410 e. The summed E-state index contributed by atoms with van der Waals surface area (Å²) < 4.78 is 18.8. The van der Waals surface area contributed by atoms with Gasteiger partial charge in [-0.1, -0.05) is 12.1 Å². The second-order valence-electron chi connectivity index (χ2n) is 9.44. The van der Waals surface area contributed by atoms with Gasteiger partial charge in [-0.05, 0) is 44.9 Å². The minimum Gasteiger partial charge on any atom is -0.444 e. The standard InChI is InChI=1S/C25H30FN5O3S/c1-25(2,3)34-24(33)31-12-4-11-30(13-14-31)20(32)9-10-27-22-21-19(15-35-23(21)29-16-28-22)17-5-7-18(26)8-6-17/h5-8,15-16H,4,9-14H2,1-3H3,(H,27,28,29). The second-order valence-corrected chi connectivity index (χ2v) is 10.3. The number of carbonyl (C=O) groups is 2. The summed E-state index contributed by atoms with van der Waals surface area (Å²) in [5, 5.41) is 6.13. The molecule has 1 aliphatic heterocycles. The number of thiophene rings is 1. The van der Waals surface area contributed by atoms with Gasteiger partial charge in [0.1, 0.15) is 28.4 Å². The molecule has 186 valence electrons. The monoisotopic (exact) mass is 499 g/mol. The second kappa shape index (κ2) is 10.6. The van der Waals surface area contributed by atoms with Crippen molar-refractivity contribution in [1.82, 2.24) is 19.8 Å². The number of hydrogen-bond donors (Lipinski definition) is 1. The van der Waals surface area contributed by atoms with Crippen molar-refractivity contribution in [2.45, 2.75) is 39.2 Å². The van der Waals surface area contributed by atoms with Crippen LogP contribution in [0.25, 0.3) is 21.3 Å². The fourth-order valence-corrected chi connectivity index (χ4v) is 4.89. The van der Waals surface area contributed by atoms with Gasteiger partial charge in [-0.25, -0.2) is 19.2 Å². The molecule has 8 nitrogen and oxygen atoms in total. The average Bonchev–Trinajstić information content (AvgIpc) is 3.08. The van der Waals surface area contributed by atoms with Gasteiger partial charge in [-0.3, -0.25) is 4.79 Å². The molecule has 2 amide bonds. The summed E-state index contributed by atoms with van der Waals surface area (Å²) in [6, 6.07) is 6.33. The first kappa shape index (κ1) is 24.8. The highest BCUT2D eigenvalue weighted by Crippen LogP contribution is 2.36. The Labute approximate surface area is 208 Å². The molecule has 1 aliphatic rings. The third-order valence-corrected chi connectivity index (χ3v) is 6.54. The molecule has 0 unspecified atom stereocenters. The minimum absolute atomic E-state index is 0.0258. The van der Waals surface area contributed by atoms with Crippen LogP contribution < -0.4 is 5.32 Å². The van der Waals surface area contributed by atoms with Gasteiger partial charge < -0.3 is 19.9 Å². The van der Waals surface area contributed by atoms with Crippen LogP contribution in [0.5, 0.6) is 0 Å². The van der Waals surface area contributed by atoms with E-state index in [0.717, 1.165) is 21.3 Å². The number of anilines is 1. The molecular weight excluding hydrogens is 469 g/mol. The zero-order chi connectivity index (χ0) is 25.0. The van der Waals surface area contributed by atoms with Crippen molar-refractivity contribution >= 4 is 39.4 Å². The normalized spacial score (nSPS) is 14.6. The predicted molar refractivity (Wildman–Crippen MR) is 135 cm³/mol. The summed E-state index contributed by atoms with van der Waals surface area (Å²) in [5.74, 6) is 0.386. The highest BCUT2D eigenvalue weighted by atomic mass is 32.1. The molecule has 35 heavy (non-hydrogen) atoms. The van der Waals surface area contributed by atoms with Crippen LogP contribution in [-0.4, -0.2) is 70.1 Å². The Bertz CT molecular complexity index is 1190. The number of nitrogens with one attached hydrogen (secondary N) is 1. The number of rotatable bonds is 5. The SMILES string of the molecule is CC(C)(C)OC(=O)N1CCCN(C(=O)CCNc2ncnc3scc(-c4ccc(F)cc4)c23)CC1. The van der Waals surface area contributed by atoms with E-state index in [0.29, 0.717) is 51.4 Å². The van der Waals surface area contributed by atoms with E-state index in [1.807, 2.05) is 26.2 Å². The molecule has 3 heterocycles. The van der Waals surface area contributed by atoms with Crippen molar-refractivity contribution in [1.29, 1.82) is 0 Å². The van der Waals surface area contributed by atoms with Crippen LogP contribution in [0.1, 0.15) is 33.6 Å². The summed E-state index contributed by atoms with van der Waals surface area (Å²) in [6.45, 7) is 8.05. The zero-order valence-corrected chi connectivity index (χ0v) is 21.0. The third-order valence-electron chi connectivity index (χ3n) is 5.66. The van der Waals surface area contributed by atoms with Crippen LogP contribution >= 0.6 is 11.3 Å². The zero-order valence-electron chi connectivity index (χ0n) is 20.2. The van der Waals surface area contributed by atoms with Crippen LogP contribution in [0.15, 0.2) is 36.0 Å². The lowest BCUT2D eigenvalue weighted by atomic mass is 10.1. The number of nitrogens with zero attached hydrogens (tertiary/aromatic N) is 4. The number of fused-ring (bicyclic) bond motifs is 1. The Hall–Kier alpha value is -3.27. The van der Waals surface area contributed by atoms with E-state index in [4.69, 9.17) is 4.74 Å². The van der Waals surface area contributed by atoms with E-state index in [2.05, 4.69) is 15.3 Å². The van der Waals surface area contributed by atoms with Crippen molar-refractivity contribution < 1.29 is 18.7 Å². The van der Waals surface area contributed by atoms with E-state index in [1.54, 1.807) is 21.9 Å². The van der Waals surface area contributed by atoms with Gasteiger partial charge in [0.25, 0.3) is 0 Å². The number of benzene rings is 1. The molecule has 3 aromatic rings. The molecule has 1 aromatic carbocycles. The van der Waals surface area contributed by atoms with E-state index in [9.17, 15) is 14.0 Å². The minimum atomic E-state index is -0.546. The molecule has 0 saturated carbocycles. The van der Waals surface area contributed by atoms with Crippen molar-refractivity contribution in [3.05, 3.63) is 41.8 Å². The van der Waals surface area contributed by atoms with Crippen LogP contribution in [0.3, 0.4) is 0 Å². The fourth-order valence-electron chi connectivity index (χ4n) is 3.97. The summed E-state index contributed by atoms with van der Waals surface area (Å²) >= 11 is 1.50. The lowest BCUT2D eigenvalue weighted by Gasteiger charge is -2.26. The average molecular weight is 500 g/mol. The predicted octanol–water partition coefficient (Wildman–Crippen LogP) is 4.77. The molecule has 0 aliphatic carbocycles. The van der Waals surface area contributed by atoms with Gasteiger partial charge >= 0.3 is 6.09 Å². The first-order valence-electron chi connectivity index (χ1n) is 11.7. The van der Waals surface area contributed by atoms with Crippen LogP contribution in [0.2, 0.25) is 0 Å². The highest BCUT2D eigenvalue weighted by molar-refractivity contribution is 7.17. The number of amides is 2. The van der Waals surface area contributed by atoms with Crippen molar-refractivity contribution in [2.75, 3.05) is 38.0 Å². The lowest BCUT2D eigenvalue weighted by molar-refractivity contribution is -0.130. The number of hydrogen-bond acceptors (Lipinski definition) is 7. The number of ether oxygens (including phenoxy) is 1. The van der Waals surface area contributed by atoms with Crippen molar-refractivity contribution in [2.24, 2.45) is 0 Å². The molecule has 2 aromatic heterocycles. The summed E-state index contributed by atoms with van der Waals surface area (Å²) in [7, 11) is 0. The summed E-state index contributed by atoms with van der Waals surface area (Å²) in [4.78, 5) is 38.3. The molecule has 0 bridgehead atoms. The molecule has 1 fully saturated rings. The molecular formula is C25H30FN5O3S. The Kier molecular flexibility index (Phi) is 7.49. The van der Waals surface area contributed by atoms with Gasteiger partial charge in [0.15, 0.2) is 0 Å². The molecule has 10 heteroatoms. The number of aromatic nitrogens is 2. The molecule has 1 saturated heterocycles. The van der Waals surface area contributed by atoms with E-state index >= 15 is 0 Å². The van der Waals surface area contributed by atoms with Gasteiger partial charge in [0.2, 0.25) is 5.91 Å². The Morgan fingerprint density at radius 1 is 1.09 bits per heavy atom. The molecule has 1 N–H and O–H groups in total. The first-order valence-corrected chi connectivity index (χ1v) is 12.6. The topological polar surface area (TPSA) is 87.7 Å². The largest absolute Gasteiger partial charge is 0.444 e. The Balaban J connectivity index is 1.36. The smallest absolute Gasteiger partial charge is 0.410 e. The maximum absolute atomic E-state index is 13.4. The fraction of sp³-hybridized carbons (Fsp3) is 0.440. The highest BCUT2D eigenvalue weighted by Gasteiger charge is 2.26. The molecule has 0 atom stereocenters. The quantitative estimate of drug-likeness (QED) is 0.544. The maximum atomic E-state index is 13.4. The summed E-state index contributed by atoms with van der Waals surface area (Å²) in [6.07, 6.45) is 2.17. The van der Waals surface area contributed by atoms with Gasteiger partial charge in [-0.2, -0.15) is 0 Å². The third kappa shape index (κ3) is 6.25. The number of carbonyl (C=O) groups excluding carboxylic acids is 2. The van der Waals surface area contributed by atoms with Crippen LogP contribution in [0, 0.1) is 5.82 Å². The first-order chi connectivity index (χ1) is 16.7. The molecule has 0 spiro atoms. The van der Waals surface area contributed by atoms with E-state index < -0.39 is 5.60 Å². The molecule has 4 rings (SSSR count). The Morgan fingerprint density at radius 3 is 2.54 bits per heavy atom.